The molecule has 0 spiro atoms. The van der Waals surface area contributed by atoms with Crippen molar-refractivity contribution in [3.05, 3.63) is 126 Å². The molecule has 2 heterocycles. The third kappa shape index (κ3) is 13.3. The molecular weight excluding hydrogens is 933 g/mol. The van der Waals surface area contributed by atoms with Gasteiger partial charge in [-0.1, -0.05) is 143 Å². The first-order chi connectivity index (χ1) is 36.4. The molecule has 74 heavy (non-hydrogen) atoms. The molecule has 1 fully saturated rings. The van der Waals surface area contributed by atoms with Crippen LogP contribution in [-0.4, -0.2) is 78.6 Å². The zero-order valence-electron chi connectivity index (χ0n) is 43.9. The smallest absolute Gasteiger partial charge is 0.410 e. The third-order valence-electron chi connectivity index (χ3n) is 15.3. The maximum absolute atomic E-state index is 15.2. The van der Waals surface area contributed by atoms with E-state index in [1.807, 2.05) is 67.6 Å². The van der Waals surface area contributed by atoms with Crippen LogP contribution in [0.5, 0.6) is 28.7 Å². The first-order valence-electron chi connectivity index (χ1n) is 27.8. The van der Waals surface area contributed by atoms with Gasteiger partial charge in [0.05, 0.1) is 24.8 Å². The fraction of sp³-hybridized carbons (Fsp3) is 0.516. The molecule has 4 aromatic carbocycles. The van der Waals surface area contributed by atoms with Crippen molar-refractivity contribution in [2.75, 3.05) is 39.8 Å². The van der Waals surface area contributed by atoms with Gasteiger partial charge in [-0.25, -0.2) is 4.79 Å². The van der Waals surface area contributed by atoms with Gasteiger partial charge in [-0.05, 0) is 116 Å². The van der Waals surface area contributed by atoms with Crippen LogP contribution in [0, 0.1) is 17.8 Å². The summed E-state index contributed by atoms with van der Waals surface area (Å²) in [5, 5.41) is 25.1. The van der Waals surface area contributed by atoms with Crippen molar-refractivity contribution in [1.82, 2.24) is 4.90 Å². The minimum atomic E-state index is -1.46. The molecule has 0 aromatic heterocycles. The van der Waals surface area contributed by atoms with Gasteiger partial charge in [0.15, 0.2) is 11.5 Å². The molecule has 2 aliphatic heterocycles. The lowest BCUT2D eigenvalue weighted by atomic mass is 9.55. The van der Waals surface area contributed by atoms with E-state index < -0.39 is 23.8 Å². The highest BCUT2D eigenvalue weighted by Gasteiger charge is 2.65. The molecule has 4 aliphatic rings. The molecule has 12 heteroatoms. The number of aliphatic hydroxyl groups excluding tert-OH is 2. The second-order valence-corrected chi connectivity index (χ2v) is 20.3. The van der Waals surface area contributed by atoms with Crippen molar-refractivity contribution in [3.63, 3.8) is 0 Å². The van der Waals surface area contributed by atoms with Crippen LogP contribution in [0.25, 0.3) is 11.1 Å². The summed E-state index contributed by atoms with van der Waals surface area (Å²) in [4.78, 5) is 22.9. The molecule has 0 saturated heterocycles. The van der Waals surface area contributed by atoms with Crippen molar-refractivity contribution >= 4 is 11.8 Å². The predicted octanol–water partition coefficient (Wildman–Crippen LogP) is 14.1. The lowest BCUT2D eigenvalue weighted by Gasteiger charge is -2.59. The highest BCUT2D eigenvalue weighted by molar-refractivity contribution is 6.03. The number of rotatable bonds is 30. The maximum Gasteiger partial charge on any atom is 0.410 e. The van der Waals surface area contributed by atoms with E-state index in [0.29, 0.717) is 48.2 Å². The highest BCUT2D eigenvalue weighted by Crippen LogP contribution is 2.62. The first kappa shape index (κ1) is 54.4. The number of nitrogens with zero attached hydrogens (tertiary/aromatic N) is 2. The number of carbonyl (C=O) groups is 1. The zero-order valence-corrected chi connectivity index (χ0v) is 43.9. The fourth-order valence-electron chi connectivity index (χ4n) is 11.7. The molecule has 1 saturated carbocycles. The Morgan fingerprint density at radius 3 is 2.19 bits per heavy atom. The SMILES string of the molecule is C=CCOC12Oc3ccc(Oc4ccc(-c5ccccc5)cc4)cc3C3C(CCCCO)C(CCCCO)C=C(C(=NOCC)CC1N(Cc1ccc4c(c1)OCO4)C(=O)OCCCCCCCCCCCC)C32. The van der Waals surface area contributed by atoms with Crippen molar-refractivity contribution in [2.45, 2.75) is 147 Å². The van der Waals surface area contributed by atoms with Crippen LogP contribution in [0.3, 0.4) is 0 Å². The molecule has 12 nitrogen and oxygen atoms in total. The van der Waals surface area contributed by atoms with E-state index in [2.05, 4.69) is 49.9 Å². The number of ether oxygens (including phenoxy) is 6. The van der Waals surface area contributed by atoms with E-state index in [1.54, 1.807) is 11.0 Å². The molecule has 0 radical (unpaired) electrons. The Kier molecular flexibility index (Phi) is 20.3. The van der Waals surface area contributed by atoms with Gasteiger partial charge in [-0.15, -0.1) is 6.58 Å². The van der Waals surface area contributed by atoms with E-state index in [9.17, 15) is 10.2 Å². The Morgan fingerprint density at radius 1 is 0.770 bits per heavy atom. The molecular formula is C62H80N2O10. The van der Waals surface area contributed by atoms with E-state index in [1.165, 1.54) is 44.9 Å². The largest absolute Gasteiger partial charge is 0.459 e. The van der Waals surface area contributed by atoms with Gasteiger partial charge in [-0.2, -0.15) is 0 Å². The number of aliphatic hydroxyl groups is 2. The minimum absolute atomic E-state index is 0.0430. The number of amides is 1. The summed E-state index contributed by atoms with van der Waals surface area (Å²) in [7, 11) is 0. The number of carbonyl (C=O) groups excluding carboxylic acids is 1. The van der Waals surface area contributed by atoms with Gasteiger partial charge in [0.1, 0.15) is 29.9 Å². The van der Waals surface area contributed by atoms with E-state index in [-0.39, 0.29) is 63.9 Å². The third-order valence-corrected chi connectivity index (χ3v) is 15.3. The standard InChI is InChI=1S/C62H80N2O10/c1-4-7-8-9-10-11-12-13-14-22-38-68-61(67)64(43-45-27-33-56-57(39-45)70-44-69-56)58-42-54(63-72-6-3)52-40-48(25-18-20-35-65)51(26-19-21-36-66)59-53-41-50(32-34-55(53)74-62(58,60(52)59)71-37-5-2)73-49-30-28-47(29-31-49)46-23-16-15-17-24-46/h5,15-17,23-24,27-34,39-41,48,51,58-60,65-66H,2,4,6-14,18-22,25-26,35-38,42-44H2,1,3H3. The lowest BCUT2D eigenvalue weighted by Crippen LogP contribution is -2.70. The van der Waals surface area contributed by atoms with Crippen LogP contribution in [0.1, 0.15) is 140 Å². The first-order valence-corrected chi connectivity index (χ1v) is 27.8. The van der Waals surface area contributed by atoms with Crippen LogP contribution >= 0.6 is 0 Å². The molecule has 8 rings (SSSR count). The molecule has 398 valence electrons. The summed E-state index contributed by atoms with van der Waals surface area (Å²) >= 11 is 0. The number of fused-ring (bicyclic) bond motifs is 3. The van der Waals surface area contributed by atoms with Crippen molar-refractivity contribution < 1.29 is 48.3 Å². The van der Waals surface area contributed by atoms with Gasteiger partial charge < -0.3 is 43.5 Å². The summed E-state index contributed by atoms with van der Waals surface area (Å²) in [6.07, 6.45) is 20.2. The van der Waals surface area contributed by atoms with Gasteiger partial charge in [0, 0.05) is 37.7 Å². The number of hydrogen-bond acceptors (Lipinski definition) is 11. The number of oxime groups is 1. The Balaban J connectivity index is 1.20. The molecule has 4 aromatic rings. The average molecular weight is 1010 g/mol. The molecule has 0 bridgehead atoms. The summed E-state index contributed by atoms with van der Waals surface area (Å²) < 4.78 is 39.3. The second kappa shape index (κ2) is 27.6. The number of hydrogen-bond donors (Lipinski definition) is 2. The predicted molar refractivity (Wildman–Crippen MR) is 290 cm³/mol. The molecule has 1 amide bonds. The Morgan fingerprint density at radius 2 is 1.46 bits per heavy atom. The number of benzene rings is 4. The van der Waals surface area contributed by atoms with E-state index in [0.717, 1.165) is 78.5 Å². The Hall–Kier alpha value is -5.82. The Labute approximate surface area is 439 Å². The highest BCUT2D eigenvalue weighted by atomic mass is 16.7. The average Bonchev–Trinajstić information content (AvgIpc) is 3.93. The molecule has 2 aliphatic carbocycles. The Bertz CT molecular complexity index is 2460. The molecule has 6 atom stereocenters. The topological polar surface area (TPSA) is 138 Å². The van der Waals surface area contributed by atoms with Crippen LogP contribution < -0.4 is 18.9 Å². The minimum Gasteiger partial charge on any atom is -0.459 e. The molecule has 2 N–H and O–H groups in total. The number of unbranched alkanes of at least 4 members (excludes halogenated alkanes) is 11. The summed E-state index contributed by atoms with van der Waals surface area (Å²) in [5.41, 5.74) is 5.71. The quantitative estimate of drug-likeness (QED) is 0.0295. The lowest BCUT2D eigenvalue weighted by molar-refractivity contribution is -0.256. The fourth-order valence-corrected chi connectivity index (χ4v) is 11.7. The monoisotopic (exact) mass is 1010 g/mol. The van der Waals surface area contributed by atoms with Crippen LogP contribution in [0.4, 0.5) is 4.79 Å². The van der Waals surface area contributed by atoms with Crippen molar-refractivity contribution in [3.8, 4) is 39.9 Å². The van der Waals surface area contributed by atoms with Gasteiger partial charge >= 0.3 is 6.09 Å². The number of allylic oxidation sites excluding steroid dienone is 1. The van der Waals surface area contributed by atoms with E-state index in [4.69, 9.17) is 38.4 Å². The maximum atomic E-state index is 15.2. The normalized spacial score (nSPS) is 21.8. The van der Waals surface area contributed by atoms with Gasteiger partial charge in [0.25, 0.3) is 0 Å². The van der Waals surface area contributed by atoms with Gasteiger partial charge in [-0.3, -0.25) is 4.90 Å². The second-order valence-electron chi connectivity index (χ2n) is 20.3. The molecule has 6 unspecified atom stereocenters. The van der Waals surface area contributed by atoms with Crippen molar-refractivity contribution in [1.29, 1.82) is 0 Å². The van der Waals surface area contributed by atoms with Crippen LogP contribution in [-0.2, 0) is 20.9 Å². The van der Waals surface area contributed by atoms with Gasteiger partial charge in [0.2, 0.25) is 12.6 Å². The summed E-state index contributed by atoms with van der Waals surface area (Å²) in [6, 6.07) is 29.5. The summed E-state index contributed by atoms with van der Waals surface area (Å²) in [6.45, 7) is 9.54. The summed E-state index contributed by atoms with van der Waals surface area (Å²) in [5.74, 6) is 1.22. The van der Waals surface area contributed by atoms with Crippen molar-refractivity contribution in [2.24, 2.45) is 22.9 Å². The zero-order chi connectivity index (χ0) is 51.5. The van der Waals surface area contributed by atoms with E-state index >= 15 is 4.79 Å². The van der Waals surface area contributed by atoms with Crippen LogP contribution in [0.15, 0.2) is 120 Å². The van der Waals surface area contributed by atoms with Crippen LogP contribution in [0.2, 0.25) is 0 Å².